The SMILES string of the molecule is CCCNC(COC(C)C)C1(OC)CCC1. The number of rotatable bonds is 8. The van der Waals surface area contributed by atoms with Gasteiger partial charge in [-0.2, -0.15) is 0 Å². The summed E-state index contributed by atoms with van der Waals surface area (Å²) < 4.78 is 11.5. The summed E-state index contributed by atoms with van der Waals surface area (Å²) in [4.78, 5) is 0. The molecule has 0 aromatic rings. The third kappa shape index (κ3) is 3.44. The van der Waals surface area contributed by atoms with Crippen LogP contribution in [0.1, 0.15) is 46.5 Å². The lowest BCUT2D eigenvalue weighted by atomic mass is 9.74. The van der Waals surface area contributed by atoms with Gasteiger partial charge in [-0.25, -0.2) is 0 Å². The molecule has 1 unspecified atom stereocenters. The predicted octanol–water partition coefficient (Wildman–Crippen LogP) is 2.35. The molecule has 0 heterocycles. The summed E-state index contributed by atoms with van der Waals surface area (Å²) in [5, 5.41) is 3.57. The Labute approximate surface area is 99.9 Å². The molecule has 3 nitrogen and oxygen atoms in total. The highest BCUT2D eigenvalue weighted by Crippen LogP contribution is 2.38. The molecule has 16 heavy (non-hydrogen) atoms. The fraction of sp³-hybridized carbons (Fsp3) is 1.00. The van der Waals surface area contributed by atoms with Crippen LogP contribution in [0.15, 0.2) is 0 Å². The molecule has 0 amide bonds. The van der Waals surface area contributed by atoms with Crippen LogP contribution in [0.5, 0.6) is 0 Å². The zero-order chi connectivity index (χ0) is 12.0. The summed E-state index contributed by atoms with van der Waals surface area (Å²) >= 11 is 0. The van der Waals surface area contributed by atoms with Gasteiger partial charge in [0.25, 0.3) is 0 Å². The minimum atomic E-state index is 0.0318. The first kappa shape index (κ1) is 13.9. The van der Waals surface area contributed by atoms with E-state index in [1.165, 1.54) is 6.42 Å². The average molecular weight is 229 g/mol. The van der Waals surface area contributed by atoms with Crippen LogP contribution in [-0.4, -0.2) is 38.0 Å². The third-order valence-corrected chi connectivity index (χ3v) is 3.48. The van der Waals surface area contributed by atoms with Crippen LogP contribution in [-0.2, 0) is 9.47 Å². The van der Waals surface area contributed by atoms with Crippen LogP contribution in [0.25, 0.3) is 0 Å². The maximum Gasteiger partial charge on any atom is 0.0853 e. The van der Waals surface area contributed by atoms with Crippen molar-refractivity contribution >= 4 is 0 Å². The second-order valence-corrected chi connectivity index (χ2v) is 5.01. The van der Waals surface area contributed by atoms with Crippen molar-refractivity contribution in [3.8, 4) is 0 Å². The Balaban J connectivity index is 2.48. The zero-order valence-electron chi connectivity index (χ0n) is 11.2. The topological polar surface area (TPSA) is 30.5 Å². The maximum absolute atomic E-state index is 5.74. The van der Waals surface area contributed by atoms with Crippen molar-refractivity contribution in [1.82, 2.24) is 5.32 Å². The largest absolute Gasteiger partial charge is 0.377 e. The van der Waals surface area contributed by atoms with Crippen LogP contribution >= 0.6 is 0 Å². The van der Waals surface area contributed by atoms with Crippen LogP contribution in [0.4, 0.5) is 0 Å². The second-order valence-electron chi connectivity index (χ2n) is 5.01. The van der Waals surface area contributed by atoms with Crippen LogP contribution in [0.3, 0.4) is 0 Å². The molecule has 0 aromatic carbocycles. The molecular formula is C13H27NO2. The molecule has 1 atom stereocenters. The molecule has 96 valence electrons. The van der Waals surface area contributed by atoms with E-state index < -0.39 is 0 Å². The van der Waals surface area contributed by atoms with Gasteiger partial charge in [0.05, 0.1) is 24.4 Å². The highest BCUT2D eigenvalue weighted by atomic mass is 16.5. The number of nitrogens with one attached hydrogen (secondary N) is 1. The highest BCUT2D eigenvalue weighted by Gasteiger charge is 2.44. The van der Waals surface area contributed by atoms with E-state index in [0.29, 0.717) is 12.1 Å². The number of hydrogen-bond donors (Lipinski definition) is 1. The van der Waals surface area contributed by atoms with E-state index in [-0.39, 0.29) is 5.60 Å². The Morgan fingerprint density at radius 1 is 1.31 bits per heavy atom. The van der Waals surface area contributed by atoms with Gasteiger partial charge < -0.3 is 14.8 Å². The summed E-state index contributed by atoms with van der Waals surface area (Å²) in [6.07, 6.45) is 5.04. The Bertz CT molecular complexity index is 185. The van der Waals surface area contributed by atoms with E-state index in [2.05, 4.69) is 26.1 Å². The van der Waals surface area contributed by atoms with Crippen LogP contribution < -0.4 is 5.32 Å². The van der Waals surface area contributed by atoms with Crippen molar-refractivity contribution in [2.24, 2.45) is 0 Å². The quantitative estimate of drug-likeness (QED) is 0.693. The van der Waals surface area contributed by atoms with E-state index in [1.54, 1.807) is 0 Å². The van der Waals surface area contributed by atoms with Gasteiger partial charge in [0.1, 0.15) is 0 Å². The van der Waals surface area contributed by atoms with Gasteiger partial charge in [0, 0.05) is 7.11 Å². The fourth-order valence-corrected chi connectivity index (χ4v) is 2.22. The van der Waals surface area contributed by atoms with E-state index >= 15 is 0 Å². The number of methoxy groups -OCH3 is 1. The molecule has 1 saturated carbocycles. The molecule has 0 bridgehead atoms. The van der Waals surface area contributed by atoms with E-state index in [9.17, 15) is 0 Å². The minimum Gasteiger partial charge on any atom is -0.377 e. The molecule has 1 fully saturated rings. The summed E-state index contributed by atoms with van der Waals surface area (Å²) in [7, 11) is 1.83. The lowest BCUT2D eigenvalue weighted by molar-refractivity contribution is -0.118. The van der Waals surface area contributed by atoms with Crippen LogP contribution in [0.2, 0.25) is 0 Å². The molecule has 1 aliphatic carbocycles. The molecule has 1 N–H and O–H groups in total. The van der Waals surface area contributed by atoms with E-state index in [4.69, 9.17) is 9.47 Å². The predicted molar refractivity (Wildman–Crippen MR) is 66.8 cm³/mol. The fourth-order valence-electron chi connectivity index (χ4n) is 2.22. The standard InChI is InChI=1S/C13H27NO2/c1-5-9-14-12(10-16-11(2)3)13(15-4)7-6-8-13/h11-12,14H,5-10H2,1-4H3. The zero-order valence-corrected chi connectivity index (χ0v) is 11.2. The van der Waals surface area contributed by atoms with Gasteiger partial charge in [-0.3, -0.25) is 0 Å². The molecule has 0 spiro atoms. The van der Waals surface area contributed by atoms with Crippen molar-refractivity contribution < 1.29 is 9.47 Å². The van der Waals surface area contributed by atoms with Crippen molar-refractivity contribution in [3.05, 3.63) is 0 Å². The molecule has 0 aliphatic heterocycles. The van der Waals surface area contributed by atoms with Crippen LogP contribution in [0, 0.1) is 0 Å². The Morgan fingerprint density at radius 2 is 2.00 bits per heavy atom. The lowest BCUT2D eigenvalue weighted by Crippen LogP contribution is -2.58. The first-order valence-electron chi connectivity index (χ1n) is 6.54. The van der Waals surface area contributed by atoms with Gasteiger partial charge >= 0.3 is 0 Å². The van der Waals surface area contributed by atoms with Gasteiger partial charge in [-0.1, -0.05) is 6.92 Å². The molecule has 1 aliphatic rings. The summed E-state index contributed by atoms with van der Waals surface area (Å²) in [6.45, 7) is 8.14. The van der Waals surface area contributed by atoms with Crippen molar-refractivity contribution in [1.29, 1.82) is 0 Å². The van der Waals surface area contributed by atoms with Gasteiger partial charge in [0.2, 0.25) is 0 Å². The van der Waals surface area contributed by atoms with Gasteiger partial charge in [-0.05, 0) is 46.1 Å². The normalized spacial score (nSPS) is 20.8. The summed E-state index contributed by atoms with van der Waals surface area (Å²) in [5.41, 5.74) is 0.0318. The second kappa shape index (κ2) is 6.58. The number of ether oxygens (including phenoxy) is 2. The summed E-state index contributed by atoms with van der Waals surface area (Å²) in [5.74, 6) is 0. The molecule has 0 aromatic heterocycles. The first-order valence-corrected chi connectivity index (χ1v) is 6.54. The highest BCUT2D eigenvalue weighted by molar-refractivity contribution is 4.99. The molecule has 0 saturated heterocycles. The first-order chi connectivity index (χ1) is 7.64. The molecule has 3 heteroatoms. The Morgan fingerprint density at radius 3 is 2.38 bits per heavy atom. The van der Waals surface area contributed by atoms with Gasteiger partial charge in [-0.15, -0.1) is 0 Å². The van der Waals surface area contributed by atoms with Crippen molar-refractivity contribution in [2.75, 3.05) is 20.3 Å². The maximum atomic E-state index is 5.74. The molecule has 0 radical (unpaired) electrons. The minimum absolute atomic E-state index is 0.0318. The summed E-state index contributed by atoms with van der Waals surface area (Å²) in [6, 6.07) is 0.341. The van der Waals surface area contributed by atoms with Gasteiger partial charge in [0.15, 0.2) is 0 Å². The van der Waals surface area contributed by atoms with Crippen molar-refractivity contribution in [2.45, 2.75) is 64.2 Å². The lowest BCUT2D eigenvalue weighted by Gasteiger charge is -2.46. The average Bonchev–Trinajstić information content (AvgIpc) is 2.19. The molecular weight excluding hydrogens is 202 g/mol. The molecule has 1 rings (SSSR count). The van der Waals surface area contributed by atoms with Crippen molar-refractivity contribution in [3.63, 3.8) is 0 Å². The van der Waals surface area contributed by atoms with E-state index in [1.807, 2.05) is 7.11 Å². The smallest absolute Gasteiger partial charge is 0.0853 e. The Kier molecular flexibility index (Phi) is 5.73. The van der Waals surface area contributed by atoms with E-state index in [0.717, 1.165) is 32.4 Å². The Hall–Kier alpha value is -0.120. The number of hydrogen-bond acceptors (Lipinski definition) is 3. The third-order valence-electron chi connectivity index (χ3n) is 3.48. The monoisotopic (exact) mass is 229 g/mol.